The summed E-state index contributed by atoms with van der Waals surface area (Å²) < 4.78 is 31.9. The summed E-state index contributed by atoms with van der Waals surface area (Å²) in [5.74, 6) is -0.0895. The number of aliphatic hydroxyl groups excluding tert-OH is 1. The molecule has 3 aliphatic rings. The molecule has 0 aliphatic carbocycles. The predicted molar refractivity (Wildman–Crippen MR) is 304 cm³/mol. The second-order valence-corrected chi connectivity index (χ2v) is 25.3. The van der Waals surface area contributed by atoms with E-state index in [1.165, 1.54) is 11.1 Å². The van der Waals surface area contributed by atoms with Crippen molar-refractivity contribution in [2.24, 2.45) is 5.41 Å². The van der Waals surface area contributed by atoms with E-state index in [0.717, 1.165) is 66.4 Å². The molecule has 3 saturated heterocycles. The number of ether oxygens (including phenoxy) is 1. The molecular weight excluding hydrogens is 1050 g/mol. The van der Waals surface area contributed by atoms with Crippen LogP contribution in [-0.2, 0) is 35.6 Å². The van der Waals surface area contributed by atoms with E-state index in [2.05, 4.69) is 46.0 Å². The number of nitrogens with zero attached hydrogens (tertiary/aromatic N) is 7. The number of hydrogen-bond acceptors (Lipinski definition) is 16. The van der Waals surface area contributed by atoms with Crippen LogP contribution in [0.2, 0.25) is 5.02 Å². The van der Waals surface area contributed by atoms with Crippen molar-refractivity contribution in [3.63, 3.8) is 0 Å². The zero-order valence-electron chi connectivity index (χ0n) is 45.4. The van der Waals surface area contributed by atoms with Crippen LogP contribution in [0.25, 0.3) is 10.4 Å². The molecule has 4 amide bonds. The lowest BCUT2D eigenvalue weighted by atomic mass is 9.85. The van der Waals surface area contributed by atoms with E-state index in [-0.39, 0.29) is 71.8 Å². The number of anilines is 5. The number of thiazole rings is 1. The lowest BCUT2D eigenvalue weighted by Crippen LogP contribution is -2.57. The Kier molecular flexibility index (Phi) is 18.6. The molecule has 1 unspecified atom stereocenters. The van der Waals surface area contributed by atoms with Crippen LogP contribution in [0.15, 0.2) is 83.3 Å². The lowest BCUT2D eigenvalue weighted by Gasteiger charge is -2.43. The maximum atomic E-state index is 14.1. The molecule has 3 aliphatic heterocycles. The number of hydrogen-bond donors (Lipinski definition) is 5. The van der Waals surface area contributed by atoms with Crippen molar-refractivity contribution in [1.82, 2.24) is 40.3 Å². The highest BCUT2D eigenvalue weighted by Gasteiger charge is 2.44. The van der Waals surface area contributed by atoms with Crippen molar-refractivity contribution in [2.75, 3.05) is 68.5 Å². The highest BCUT2D eigenvalue weighted by molar-refractivity contribution is 7.92. The number of piperazine rings is 1. The number of aromatic nitrogens is 3. The Bertz CT molecular complexity index is 3050. The molecule has 5 aromatic rings. The fourth-order valence-corrected chi connectivity index (χ4v) is 12.4. The first-order chi connectivity index (χ1) is 37.2. The number of likely N-dealkylation sites (tertiary alicyclic amines) is 1. The summed E-state index contributed by atoms with van der Waals surface area (Å²) in [5, 5.41) is 22.4. The minimum atomic E-state index is -3.59. The van der Waals surface area contributed by atoms with E-state index in [0.29, 0.717) is 42.7 Å². The Morgan fingerprint density at radius 2 is 1.63 bits per heavy atom. The van der Waals surface area contributed by atoms with Gasteiger partial charge in [0.15, 0.2) is 15.7 Å². The van der Waals surface area contributed by atoms with Gasteiger partial charge in [-0.05, 0) is 80.8 Å². The van der Waals surface area contributed by atoms with Gasteiger partial charge in [-0.25, -0.2) is 18.4 Å². The number of para-hydroxylation sites is 1. The topological polar surface area (TPSA) is 232 Å². The van der Waals surface area contributed by atoms with Gasteiger partial charge in [0.1, 0.15) is 22.9 Å². The van der Waals surface area contributed by atoms with E-state index in [9.17, 15) is 32.7 Å². The number of aliphatic hydroxyl groups is 1. The summed E-state index contributed by atoms with van der Waals surface area (Å²) in [6, 6.07) is 18.9. The molecule has 3 fully saturated rings. The summed E-state index contributed by atoms with van der Waals surface area (Å²) >= 11 is 8.05. The van der Waals surface area contributed by atoms with E-state index in [1.807, 2.05) is 80.6 Å². The van der Waals surface area contributed by atoms with Crippen LogP contribution < -0.4 is 30.9 Å². The Labute approximate surface area is 466 Å². The Hall–Kier alpha value is -6.39. The van der Waals surface area contributed by atoms with Gasteiger partial charge >= 0.3 is 0 Å². The summed E-state index contributed by atoms with van der Waals surface area (Å²) in [4.78, 5) is 77.1. The Morgan fingerprint density at radius 1 is 0.910 bits per heavy atom. The normalized spacial score (nSPS) is 17.9. The second kappa shape index (κ2) is 25.2. The van der Waals surface area contributed by atoms with Gasteiger partial charge in [-0.15, -0.1) is 11.3 Å². The molecule has 22 heteroatoms. The molecule has 0 saturated carbocycles. The molecule has 19 nitrogen and oxygen atoms in total. The van der Waals surface area contributed by atoms with Crippen molar-refractivity contribution < 1.29 is 37.4 Å². The van der Waals surface area contributed by atoms with E-state index in [1.54, 1.807) is 56.6 Å². The number of halogens is 1. The maximum Gasteiger partial charge on any atom is 0.246 e. The number of carbonyl (C=O) groups is 4. The average Bonchev–Trinajstić information content (AvgIpc) is 4.06. The number of nitrogens with one attached hydrogen (secondary N) is 4. The van der Waals surface area contributed by atoms with Crippen molar-refractivity contribution in [3.8, 4) is 16.2 Å². The molecule has 5 N–H and O–H groups in total. The number of β-amino-alcohol motifs (C(OH)–C–C–N with tert-alkyl or cyclic N) is 1. The lowest BCUT2D eigenvalue weighted by molar-refractivity contribution is -0.144. The van der Waals surface area contributed by atoms with Gasteiger partial charge in [-0.1, -0.05) is 68.8 Å². The second-order valence-electron chi connectivity index (χ2n) is 21.5. The molecule has 8 rings (SSSR count). The predicted octanol–water partition coefficient (Wildman–Crippen LogP) is 7.33. The van der Waals surface area contributed by atoms with Crippen LogP contribution in [0.4, 0.5) is 28.8 Å². The quantitative estimate of drug-likeness (QED) is 0.0545. The zero-order valence-corrected chi connectivity index (χ0v) is 47.8. The minimum absolute atomic E-state index is 0.00130. The SMILES string of the molecule is COc1cc(N2CCC(N3CCN(C(=O)CCCC(=O)NC(C(=O)N4C[C@H](O)C[C@H]4C(=O)NCc4ccc(-c5scnc5C)cc4)C(C)(C)C)CC3)CC2)ccc1Nc1ncc(Cl)c(Nc2ccccc2S(=O)(=O)C(C)C)n1. The standard InChI is InChI=1S/C56H72ClN11O8S2/c1-35(2)78(74,75)47-12-9-8-11-44(47)61-52-42(57)32-59-55(64-52)62-43-20-19-40(29-46(43)76-7)65-23-21-39(22-24-65)66-25-27-67(28-26-66)49(71)14-10-13-48(70)63-51(56(4,5)6)54(73)68-33-41(69)30-45(68)53(72)58-31-37-15-17-38(18-16-37)50-36(3)60-34-77-50/h8-9,11-12,15-20,29,32,34-35,39,41,45,51,69H,10,13-14,21-28,30-31,33H2,1-7H3,(H,58,72)(H,63,70)(H2,59,61,62,64)/t41-,45+,51?/m1/s1. The first-order valence-corrected chi connectivity index (χ1v) is 29.4. The fourth-order valence-electron chi connectivity index (χ4n) is 10.2. The first kappa shape index (κ1) is 57.8. The monoisotopic (exact) mass is 1130 g/mol. The number of amides is 4. The fraction of sp³-hybridized carbons (Fsp3) is 0.482. The average molecular weight is 1130 g/mol. The van der Waals surface area contributed by atoms with Crippen LogP contribution in [0, 0.1) is 12.3 Å². The summed E-state index contributed by atoms with van der Waals surface area (Å²) in [6.45, 7) is 15.4. The molecule has 78 heavy (non-hydrogen) atoms. The van der Waals surface area contributed by atoms with Crippen LogP contribution in [0.3, 0.4) is 0 Å². The van der Waals surface area contributed by atoms with E-state index < -0.39 is 44.6 Å². The molecular formula is C56H72ClN11O8S2. The van der Waals surface area contributed by atoms with E-state index in [4.69, 9.17) is 16.3 Å². The largest absolute Gasteiger partial charge is 0.494 e. The van der Waals surface area contributed by atoms with Gasteiger partial charge in [0.05, 0.1) is 57.0 Å². The van der Waals surface area contributed by atoms with Gasteiger partial charge in [-0.2, -0.15) is 4.98 Å². The van der Waals surface area contributed by atoms with Crippen molar-refractivity contribution >= 4 is 85.2 Å². The number of carbonyl (C=O) groups excluding carboxylic acids is 4. The molecule has 3 atom stereocenters. The number of sulfone groups is 1. The molecule has 0 spiro atoms. The third-order valence-corrected chi connectivity index (χ3v) is 18.2. The molecule has 0 radical (unpaired) electrons. The van der Waals surface area contributed by atoms with Gasteiger partial charge in [-0.3, -0.25) is 24.1 Å². The zero-order chi connectivity index (χ0) is 55.9. The number of methoxy groups -OCH3 is 1. The Morgan fingerprint density at radius 3 is 2.29 bits per heavy atom. The van der Waals surface area contributed by atoms with Gasteiger partial charge < -0.3 is 45.8 Å². The smallest absolute Gasteiger partial charge is 0.246 e. The van der Waals surface area contributed by atoms with E-state index >= 15 is 0 Å². The molecule has 3 aromatic carbocycles. The van der Waals surface area contributed by atoms with Crippen LogP contribution in [-0.4, -0.2) is 149 Å². The van der Waals surface area contributed by atoms with Crippen molar-refractivity contribution in [1.29, 1.82) is 0 Å². The molecule has 418 valence electrons. The van der Waals surface area contributed by atoms with Crippen LogP contribution in [0.5, 0.6) is 5.75 Å². The van der Waals surface area contributed by atoms with Crippen molar-refractivity contribution in [3.05, 3.63) is 94.7 Å². The number of piperidine rings is 1. The number of rotatable bonds is 19. The third kappa shape index (κ3) is 13.9. The highest BCUT2D eigenvalue weighted by atomic mass is 35.5. The maximum absolute atomic E-state index is 14.1. The summed E-state index contributed by atoms with van der Waals surface area (Å²) in [7, 11) is -1.99. The van der Waals surface area contributed by atoms with Gasteiger partial charge in [0, 0.05) is 89.4 Å². The number of aryl methyl sites for hydroxylation is 1. The molecule has 0 bridgehead atoms. The highest BCUT2D eigenvalue weighted by Crippen LogP contribution is 2.36. The molecule has 5 heterocycles. The van der Waals surface area contributed by atoms with Gasteiger partial charge in [0.25, 0.3) is 0 Å². The summed E-state index contributed by atoms with van der Waals surface area (Å²) in [5.41, 5.74) is 6.01. The third-order valence-electron chi connectivity index (χ3n) is 14.8. The Balaban J connectivity index is 0.763. The summed E-state index contributed by atoms with van der Waals surface area (Å²) in [6.07, 6.45) is 3.15. The molecule has 2 aromatic heterocycles. The van der Waals surface area contributed by atoms with Crippen LogP contribution >= 0.6 is 22.9 Å². The minimum Gasteiger partial charge on any atom is -0.494 e. The number of benzene rings is 3. The van der Waals surface area contributed by atoms with Crippen molar-refractivity contribution in [2.45, 2.75) is 121 Å². The van der Waals surface area contributed by atoms with Gasteiger partial charge in [0.2, 0.25) is 29.6 Å². The van der Waals surface area contributed by atoms with Crippen LogP contribution in [0.1, 0.15) is 84.4 Å². The first-order valence-electron chi connectivity index (χ1n) is 26.6.